The molecule has 1 aliphatic carbocycles. The lowest BCUT2D eigenvalue weighted by molar-refractivity contribution is -0.136. The summed E-state index contributed by atoms with van der Waals surface area (Å²) in [5.74, 6) is 0.471. The second-order valence-corrected chi connectivity index (χ2v) is 6.86. The molecular weight excluding hydrogens is 358 g/mol. The van der Waals surface area contributed by atoms with Gasteiger partial charge in [0, 0.05) is 34.6 Å². The first-order chi connectivity index (χ1) is 13.4. The lowest BCUT2D eigenvalue weighted by atomic mass is 10.1. The molecule has 6 nitrogen and oxygen atoms in total. The molecule has 3 rings (SSSR count). The van der Waals surface area contributed by atoms with Crippen LogP contribution in [-0.4, -0.2) is 37.1 Å². The zero-order valence-corrected chi connectivity index (χ0v) is 16.7. The summed E-state index contributed by atoms with van der Waals surface area (Å²) >= 11 is 0. The Balaban J connectivity index is 1.62. The lowest BCUT2D eigenvalue weighted by Crippen LogP contribution is -2.13. The molecule has 0 N–H and O–H groups in total. The maximum Gasteiger partial charge on any atom is 0.331 e. The van der Waals surface area contributed by atoms with Crippen molar-refractivity contribution in [1.29, 1.82) is 0 Å². The zero-order valence-electron chi connectivity index (χ0n) is 16.7. The fourth-order valence-corrected chi connectivity index (χ4v) is 3.34. The fraction of sp³-hybridized carbons (Fsp3) is 0.364. The molecule has 0 atom stereocenters. The molecule has 0 amide bonds. The zero-order chi connectivity index (χ0) is 20.3. The summed E-state index contributed by atoms with van der Waals surface area (Å²) < 4.78 is 17.8. The van der Waals surface area contributed by atoms with Crippen LogP contribution in [0.3, 0.4) is 0 Å². The summed E-state index contributed by atoms with van der Waals surface area (Å²) in [6.45, 7) is 3.65. The van der Waals surface area contributed by atoms with E-state index in [0.29, 0.717) is 28.7 Å². The van der Waals surface area contributed by atoms with Crippen molar-refractivity contribution >= 4 is 17.8 Å². The van der Waals surface area contributed by atoms with Crippen molar-refractivity contribution in [3.05, 3.63) is 52.9 Å². The SMILES string of the molecule is COc1ccc(OC)c(/C=C/C(=O)OCC(=O)c2cc(C)n(C3CC3)c2C)c1. The number of nitrogens with zero attached hydrogens (tertiary/aromatic N) is 1. The van der Waals surface area contributed by atoms with E-state index in [1.54, 1.807) is 38.5 Å². The number of hydrogen-bond donors (Lipinski definition) is 0. The summed E-state index contributed by atoms with van der Waals surface area (Å²) in [7, 11) is 3.11. The van der Waals surface area contributed by atoms with Crippen LogP contribution in [0.15, 0.2) is 30.3 Å². The third-order valence-corrected chi connectivity index (χ3v) is 4.88. The Hall–Kier alpha value is -3.02. The quantitative estimate of drug-likeness (QED) is 0.393. The molecule has 1 aromatic heterocycles. The molecule has 148 valence electrons. The summed E-state index contributed by atoms with van der Waals surface area (Å²) in [4.78, 5) is 24.5. The number of benzene rings is 1. The molecule has 0 aliphatic heterocycles. The van der Waals surface area contributed by atoms with Gasteiger partial charge in [0.2, 0.25) is 5.78 Å². The van der Waals surface area contributed by atoms with E-state index in [0.717, 1.165) is 24.2 Å². The predicted molar refractivity (Wildman–Crippen MR) is 106 cm³/mol. The van der Waals surface area contributed by atoms with Gasteiger partial charge in [-0.15, -0.1) is 0 Å². The van der Waals surface area contributed by atoms with E-state index >= 15 is 0 Å². The number of ether oxygens (including phenoxy) is 3. The lowest BCUT2D eigenvalue weighted by Gasteiger charge is -2.08. The largest absolute Gasteiger partial charge is 0.497 e. The van der Waals surface area contributed by atoms with Crippen LogP contribution >= 0.6 is 0 Å². The normalized spacial score (nSPS) is 13.6. The fourth-order valence-electron chi connectivity index (χ4n) is 3.34. The highest BCUT2D eigenvalue weighted by Gasteiger charge is 2.28. The standard InChI is InChI=1S/C22H25NO5/c1-14-11-19(15(2)23(14)17-6-7-17)20(24)13-28-22(25)10-5-16-12-18(26-3)8-9-21(16)27-4/h5,8-12,17H,6-7,13H2,1-4H3/b10-5+. The molecule has 1 heterocycles. The van der Waals surface area contributed by atoms with Crippen LogP contribution in [0.4, 0.5) is 0 Å². The highest BCUT2D eigenvalue weighted by atomic mass is 16.5. The van der Waals surface area contributed by atoms with Gasteiger partial charge in [0.05, 0.1) is 14.2 Å². The predicted octanol–water partition coefficient (Wildman–Crippen LogP) is 3.90. The Morgan fingerprint density at radius 2 is 1.89 bits per heavy atom. The summed E-state index contributed by atoms with van der Waals surface area (Å²) in [5.41, 5.74) is 3.31. The highest BCUT2D eigenvalue weighted by molar-refractivity contribution is 6.00. The van der Waals surface area contributed by atoms with Gasteiger partial charge >= 0.3 is 5.97 Å². The van der Waals surface area contributed by atoms with Crippen LogP contribution in [0.2, 0.25) is 0 Å². The molecule has 28 heavy (non-hydrogen) atoms. The minimum absolute atomic E-state index is 0.194. The second-order valence-electron chi connectivity index (χ2n) is 6.86. The molecule has 0 saturated heterocycles. The van der Waals surface area contributed by atoms with E-state index in [4.69, 9.17) is 14.2 Å². The highest BCUT2D eigenvalue weighted by Crippen LogP contribution is 2.38. The van der Waals surface area contributed by atoms with Crippen molar-refractivity contribution in [2.24, 2.45) is 0 Å². The van der Waals surface area contributed by atoms with E-state index in [1.165, 1.54) is 6.08 Å². The Bertz CT molecular complexity index is 921. The Labute approximate surface area is 164 Å². The average Bonchev–Trinajstić information content (AvgIpc) is 3.48. The Morgan fingerprint density at radius 1 is 1.14 bits per heavy atom. The van der Waals surface area contributed by atoms with Crippen molar-refractivity contribution in [3.63, 3.8) is 0 Å². The number of hydrogen-bond acceptors (Lipinski definition) is 5. The Kier molecular flexibility index (Phi) is 5.87. The molecule has 0 radical (unpaired) electrons. The van der Waals surface area contributed by atoms with Gasteiger partial charge < -0.3 is 18.8 Å². The van der Waals surface area contributed by atoms with Gasteiger partial charge in [-0.2, -0.15) is 0 Å². The minimum atomic E-state index is -0.589. The van der Waals surface area contributed by atoms with Crippen LogP contribution in [-0.2, 0) is 9.53 Å². The minimum Gasteiger partial charge on any atom is -0.497 e. The van der Waals surface area contributed by atoms with Crippen LogP contribution < -0.4 is 9.47 Å². The number of esters is 1. The van der Waals surface area contributed by atoms with Gasteiger partial charge in [-0.1, -0.05) is 0 Å². The van der Waals surface area contributed by atoms with Gasteiger partial charge in [-0.25, -0.2) is 4.79 Å². The molecule has 0 bridgehead atoms. The molecule has 1 aromatic carbocycles. The monoisotopic (exact) mass is 383 g/mol. The summed E-state index contributed by atoms with van der Waals surface area (Å²) in [6.07, 6.45) is 5.15. The number of ketones is 1. The molecular formula is C22H25NO5. The average molecular weight is 383 g/mol. The van der Waals surface area contributed by atoms with Crippen LogP contribution in [0.5, 0.6) is 11.5 Å². The molecule has 1 saturated carbocycles. The molecule has 2 aromatic rings. The third kappa shape index (κ3) is 4.27. The van der Waals surface area contributed by atoms with Crippen LogP contribution in [0.25, 0.3) is 6.08 Å². The number of aromatic nitrogens is 1. The first-order valence-corrected chi connectivity index (χ1v) is 9.23. The van der Waals surface area contributed by atoms with E-state index in [1.807, 2.05) is 19.9 Å². The summed E-state index contributed by atoms with van der Waals surface area (Å²) in [6, 6.07) is 7.65. The van der Waals surface area contributed by atoms with Gasteiger partial charge in [-0.3, -0.25) is 4.79 Å². The maximum atomic E-state index is 12.5. The number of carbonyl (C=O) groups excluding carboxylic acids is 2. The first kappa shape index (κ1) is 19.7. The molecule has 0 unspecified atom stereocenters. The van der Waals surface area contributed by atoms with Crippen molar-refractivity contribution < 1.29 is 23.8 Å². The maximum absolute atomic E-state index is 12.5. The topological polar surface area (TPSA) is 66.8 Å². The number of carbonyl (C=O) groups is 2. The van der Waals surface area contributed by atoms with E-state index in [2.05, 4.69) is 4.57 Å². The second kappa shape index (κ2) is 8.33. The van der Waals surface area contributed by atoms with Crippen molar-refractivity contribution in [1.82, 2.24) is 4.57 Å². The van der Waals surface area contributed by atoms with Crippen LogP contribution in [0.1, 0.15) is 46.2 Å². The summed E-state index contributed by atoms with van der Waals surface area (Å²) in [5, 5.41) is 0. The van der Waals surface area contributed by atoms with E-state index in [9.17, 15) is 9.59 Å². The first-order valence-electron chi connectivity index (χ1n) is 9.23. The Morgan fingerprint density at radius 3 is 2.54 bits per heavy atom. The third-order valence-electron chi connectivity index (χ3n) is 4.88. The number of methoxy groups -OCH3 is 2. The molecule has 0 spiro atoms. The number of aryl methyl sites for hydroxylation is 1. The van der Waals surface area contributed by atoms with Gasteiger partial charge in [0.1, 0.15) is 11.5 Å². The smallest absolute Gasteiger partial charge is 0.331 e. The van der Waals surface area contributed by atoms with E-state index in [-0.39, 0.29) is 12.4 Å². The molecule has 1 aliphatic rings. The van der Waals surface area contributed by atoms with Crippen molar-refractivity contribution in [3.8, 4) is 11.5 Å². The number of rotatable bonds is 8. The van der Waals surface area contributed by atoms with E-state index < -0.39 is 5.97 Å². The van der Waals surface area contributed by atoms with Gasteiger partial charge in [0.15, 0.2) is 6.61 Å². The van der Waals surface area contributed by atoms with Gasteiger partial charge in [-0.05, 0) is 57.0 Å². The van der Waals surface area contributed by atoms with Crippen molar-refractivity contribution in [2.75, 3.05) is 20.8 Å². The molecule has 1 fully saturated rings. The van der Waals surface area contributed by atoms with Gasteiger partial charge in [0.25, 0.3) is 0 Å². The number of Topliss-reactive ketones (excluding diaryl/α,β-unsaturated/α-hetero) is 1. The van der Waals surface area contributed by atoms with Crippen LogP contribution in [0, 0.1) is 13.8 Å². The molecule has 6 heteroatoms. The van der Waals surface area contributed by atoms with Crippen molar-refractivity contribution in [2.45, 2.75) is 32.7 Å².